The van der Waals surface area contributed by atoms with Crippen molar-refractivity contribution in [2.24, 2.45) is 17.3 Å². The molecule has 0 heterocycles. The molecule has 1 nitrogen and oxygen atoms in total. The number of benzene rings is 1. The van der Waals surface area contributed by atoms with Gasteiger partial charge in [0.05, 0.1) is 0 Å². The average Bonchev–Trinajstić information content (AvgIpc) is 2.49. The summed E-state index contributed by atoms with van der Waals surface area (Å²) in [6, 6.07) is 11.6. The van der Waals surface area contributed by atoms with Crippen molar-refractivity contribution in [1.29, 1.82) is 0 Å². The fourth-order valence-corrected chi connectivity index (χ4v) is 3.26. The third kappa shape index (κ3) is 4.57. The van der Waals surface area contributed by atoms with Gasteiger partial charge in [0.2, 0.25) is 0 Å². The first-order valence-corrected chi connectivity index (χ1v) is 8.79. The maximum Gasteiger partial charge on any atom is 0.0348 e. The van der Waals surface area contributed by atoms with Gasteiger partial charge in [-0.1, -0.05) is 77.3 Å². The van der Waals surface area contributed by atoms with Gasteiger partial charge in [0.15, 0.2) is 0 Å². The Hall–Kier alpha value is -0.820. The van der Waals surface area contributed by atoms with E-state index in [4.69, 9.17) is 0 Å². The van der Waals surface area contributed by atoms with E-state index in [0.29, 0.717) is 17.4 Å². The standard InChI is InChI=1S/C20H33N/c1-16(2)20(3,4)15-21-19(17-11-7-5-8-12-17)18-13-9-6-10-14-18/h5,7-8,11-12,16,18-19,21H,6,9-10,13-15H2,1-4H3. The normalized spacial score (nSPS) is 18.9. The van der Waals surface area contributed by atoms with Crippen LogP contribution in [0.4, 0.5) is 0 Å². The smallest absolute Gasteiger partial charge is 0.0348 e. The molecule has 1 N–H and O–H groups in total. The van der Waals surface area contributed by atoms with Crippen molar-refractivity contribution in [2.45, 2.75) is 65.8 Å². The maximum atomic E-state index is 3.93. The molecule has 21 heavy (non-hydrogen) atoms. The van der Waals surface area contributed by atoms with Crippen LogP contribution >= 0.6 is 0 Å². The minimum atomic E-state index is 0.349. The first kappa shape index (κ1) is 16.5. The molecular weight excluding hydrogens is 254 g/mol. The van der Waals surface area contributed by atoms with Gasteiger partial charge in [-0.15, -0.1) is 0 Å². The van der Waals surface area contributed by atoms with E-state index in [1.807, 2.05) is 0 Å². The zero-order valence-corrected chi connectivity index (χ0v) is 14.4. The van der Waals surface area contributed by atoms with Crippen LogP contribution in [-0.4, -0.2) is 6.54 Å². The Balaban J connectivity index is 2.09. The predicted molar refractivity (Wildman–Crippen MR) is 92.4 cm³/mol. The lowest BCUT2D eigenvalue weighted by molar-refractivity contribution is 0.198. The maximum absolute atomic E-state index is 3.93. The van der Waals surface area contributed by atoms with E-state index in [1.165, 1.54) is 37.7 Å². The molecule has 0 radical (unpaired) electrons. The zero-order valence-electron chi connectivity index (χ0n) is 14.4. The lowest BCUT2D eigenvalue weighted by Gasteiger charge is -2.36. The van der Waals surface area contributed by atoms with Gasteiger partial charge in [0, 0.05) is 12.6 Å². The summed E-state index contributed by atoms with van der Waals surface area (Å²) in [5, 5.41) is 3.93. The molecule has 118 valence electrons. The molecule has 1 aromatic rings. The third-order valence-corrected chi connectivity index (χ3v) is 5.62. The van der Waals surface area contributed by atoms with Crippen LogP contribution in [0.25, 0.3) is 0 Å². The Kier molecular flexibility index (Phi) is 5.87. The lowest BCUT2D eigenvalue weighted by atomic mass is 9.78. The SMILES string of the molecule is CC(C)C(C)(C)CNC(c1ccccc1)C1CCCCC1. The molecule has 0 spiro atoms. The van der Waals surface area contributed by atoms with Gasteiger partial charge in [-0.05, 0) is 35.7 Å². The van der Waals surface area contributed by atoms with Crippen LogP contribution in [0.5, 0.6) is 0 Å². The molecule has 1 atom stereocenters. The first-order chi connectivity index (χ1) is 10.0. The zero-order chi connectivity index (χ0) is 15.3. The number of hydrogen-bond donors (Lipinski definition) is 1. The van der Waals surface area contributed by atoms with E-state index in [-0.39, 0.29) is 0 Å². The van der Waals surface area contributed by atoms with E-state index in [1.54, 1.807) is 0 Å². The summed E-state index contributed by atoms with van der Waals surface area (Å²) in [7, 11) is 0. The third-order valence-electron chi connectivity index (χ3n) is 5.62. The van der Waals surface area contributed by atoms with E-state index in [9.17, 15) is 0 Å². The summed E-state index contributed by atoms with van der Waals surface area (Å²) in [6.45, 7) is 10.5. The van der Waals surface area contributed by atoms with Crippen LogP contribution in [-0.2, 0) is 0 Å². The topological polar surface area (TPSA) is 12.0 Å². The second-order valence-electron chi connectivity index (χ2n) is 7.81. The van der Waals surface area contributed by atoms with Crippen molar-refractivity contribution in [2.75, 3.05) is 6.54 Å². The van der Waals surface area contributed by atoms with Crippen LogP contribution in [0.2, 0.25) is 0 Å². The molecular formula is C20H33N. The van der Waals surface area contributed by atoms with Crippen LogP contribution in [0.3, 0.4) is 0 Å². The van der Waals surface area contributed by atoms with E-state index < -0.39 is 0 Å². The summed E-state index contributed by atoms with van der Waals surface area (Å²) in [5.41, 5.74) is 1.82. The molecule has 1 fully saturated rings. The Labute approximate surface area is 131 Å². The predicted octanol–water partition coefficient (Wildman–Crippen LogP) is 5.58. The largest absolute Gasteiger partial charge is 0.309 e. The molecule has 1 unspecified atom stereocenters. The van der Waals surface area contributed by atoms with Crippen molar-refractivity contribution >= 4 is 0 Å². The molecule has 2 rings (SSSR count). The van der Waals surface area contributed by atoms with E-state index in [2.05, 4.69) is 63.3 Å². The van der Waals surface area contributed by atoms with Gasteiger partial charge in [0.1, 0.15) is 0 Å². The van der Waals surface area contributed by atoms with Gasteiger partial charge in [-0.2, -0.15) is 0 Å². The molecule has 1 saturated carbocycles. The highest BCUT2D eigenvalue weighted by atomic mass is 14.9. The van der Waals surface area contributed by atoms with E-state index >= 15 is 0 Å². The average molecular weight is 287 g/mol. The first-order valence-electron chi connectivity index (χ1n) is 8.79. The Morgan fingerprint density at radius 1 is 1.05 bits per heavy atom. The summed E-state index contributed by atoms with van der Waals surface area (Å²) in [5.74, 6) is 1.51. The summed E-state index contributed by atoms with van der Waals surface area (Å²) < 4.78 is 0. The second kappa shape index (κ2) is 7.45. The fourth-order valence-electron chi connectivity index (χ4n) is 3.26. The molecule has 1 aliphatic carbocycles. The monoisotopic (exact) mass is 287 g/mol. The summed E-state index contributed by atoms with van der Waals surface area (Å²) in [4.78, 5) is 0. The molecule has 0 aliphatic heterocycles. The Morgan fingerprint density at radius 3 is 2.24 bits per heavy atom. The van der Waals surface area contributed by atoms with Crippen LogP contribution in [0, 0.1) is 17.3 Å². The molecule has 1 heteroatoms. The van der Waals surface area contributed by atoms with Gasteiger partial charge in [-0.25, -0.2) is 0 Å². The Bertz CT molecular complexity index is 401. The van der Waals surface area contributed by atoms with Gasteiger partial charge >= 0.3 is 0 Å². The number of hydrogen-bond acceptors (Lipinski definition) is 1. The molecule has 0 aromatic heterocycles. The van der Waals surface area contributed by atoms with Gasteiger partial charge < -0.3 is 5.32 Å². The Morgan fingerprint density at radius 2 is 1.67 bits per heavy atom. The second-order valence-corrected chi connectivity index (χ2v) is 7.81. The minimum absolute atomic E-state index is 0.349. The molecule has 0 bridgehead atoms. The van der Waals surface area contributed by atoms with Crippen molar-refractivity contribution in [3.05, 3.63) is 35.9 Å². The van der Waals surface area contributed by atoms with Crippen LogP contribution < -0.4 is 5.32 Å². The summed E-state index contributed by atoms with van der Waals surface area (Å²) >= 11 is 0. The van der Waals surface area contributed by atoms with Crippen molar-refractivity contribution < 1.29 is 0 Å². The van der Waals surface area contributed by atoms with E-state index in [0.717, 1.165) is 12.5 Å². The number of nitrogens with one attached hydrogen (secondary N) is 1. The molecule has 1 aromatic carbocycles. The van der Waals surface area contributed by atoms with Gasteiger partial charge in [0.25, 0.3) is 0 Å². The molecule has 0 saturated heterocycles. The van der Waals surface area contributed by atoms with Crippen LogP contribution in [0.15, 0.2) is 30.3 Å². The van der Waals surface area contributed by atoms with Crippen molar-refractivity contribution in [1.82, 2.24) is 5.32 Å². The minimum Gasteiger partial charge on any atom is -0.309 e. The highest BCUT2D eigenvalue weighted by Gasteiger charge is 2.28. The molecule has 1 aliphatic rings. The van der Waals surface area contributed by atoms with Crippen molar-refractivity contribution in [3.8, 4) is 0 Å². The lowest BCUT2D eigenvalue weighted by Crippen LogP contribution is -2.38. The highest BCUT2D eigenvalue weighted by molar-refractivity contribution is 5.20. The highest BCUT2D eigenvalue weighted by Crippen LogP contribution is 2.35. The summed E-state index contributed by atoms with van der Waals surface area (Å²) in [6.07, 6.45) is 7.01. The molecule has 0 amide bonds. The van der Waals surface area contributed by atoms with Crippen LogP contribution in [0.1, 0.15) is 71.4 Å². The van der Waals surface area contributed by atoms with Gasteiger partial charge in [-0.3, -0.25) is 0 Å². The van der Waals surface area contributed by atoms with Crippen molar-refractivity contribution in [3.63, 3.8) is 0 Å². The fraction of sp³-hybridized carbons (Fsp3) is 0.700. The quantitative estimate of drug-likeness (QED) is 0.720. The number of rotatable bonds is 6.